The first kappa shape index (κ1) is 12.0. The van der Waals surface area contributed by atoms with Gasteiger partial charge in [-0.15, -0.1) is 11.3 Å². The number of benzene rings is 1. The first-order valence-corrected chi connectivity index (χ1v) is 6.72. The smallest absolute Gasteiger partial charge is 0.298 e. The van der Waals surface area contributed by atoms with Crippen LogP contribution in [-0.2, 0) is 4.79 Å². The zero-order valence-electron chi connectivity index (χ0n) is 10.2. The summed E-state index contributed by atoms with van der Waals surface area (Å²) in [5, 5.41) is 7.11. The molecule has 0 aliphatic carbocycles. The van der Waals surface area contributed by atoms with Crippen LogP contribution in [0.15, 0.2) is 18.2 Å². The summed E-state index contributed by atoms with van der Waals surface area (Å²) in [5.41, 5.74) is 0.818. The molecular formula is C13H12N2O3S. The summed E-state index contributed by atoms with van der Waals surface area (Å²) < 4.78 is 5.84. The Morgan fingerprint density at radius 1 is 1.47 bits per heavy atom. The number of amides is 1. The Bertz CT molecular complexity index is 665. The van der Waals surface area contributed by atoms with Crippen LogP contribution in [0.3, 0.4) is 0 Å². The zero-order chi connectivity index (χ0) is 13.4. The van der Waals surface area contributed by atoms with Crippen molar-refractivity contribution in [1.82, 2.24) is 5.32 Å². The molecule has 1 aliphatic heterocycles. The highest BCUT2D eigenvalue weighted by Gasteiger charge is 2.23. The van der Waals surface area contributed by atoms with Crippen molar-refractivity contribution in [2.45, 2.75) is 13.0 Å². The number of carbonyl (C=O) groups is 2. The summed E-state index contributed by atoms with van der Waals surface area (Å²) >= 11 is 1.43. The van der Waals surface area contributed by atoms with Crippen molar-refractivity contribution in [3.8, 4) is 5.75 Å². The minimum Gasteiger partial charge on any atom is -0.429 e. The van der Waals surface area contributed by atoms with Gasteiger partial charge in [0, 0.05) is 22.7 Å². The van der Waals surface area contributed by atoms with E-state index in [0.29, 0.717) is 23.6 Å². The summed E-state index contributed by atoms with van der Waals surface area (Å²) in [6.45, 7) is 3.02. The molecule has 2 heterocycles. The molecule has 0 saturated carbocycles. The van der Waals surface area contributed by atoms with Crippen molar-refractivity contribution >= 4 is 39.5 Å². The second kappa shape index (κ2) is 4.55. The molecule has 5 nitrogen and oxygen atoms in total. The number of ether oxygens (including phenoxy) is 1. The molecule has 0 bridgehead atoms. The number of rotatable bonds is 2. The summed E-state index contributed by atoms with van der Waals surface area (Å²) in [6, 6.07) is 5.42. The van der Waals surface area contributed by atoms with E-state index in [0.717, 1.165) is 15.8 Å². The van der Waals surface area contributed by atoms with Gasteiger partial charge in [0.25, 0.3) is 12.4 Å². The molecule has 98 valence electrons. The van der Waals surface area contributed by atoms with Gasteiger partial charge in [-0.25, -0.2) is 0 Å². The molecule has 3 rings (SSSR count). The predicted octanol–water partition coefficient (Wildman–Crippen LogP) is 1.98. The Labute approximate surface area is 113 Å². The highest BCUT2D eigenvalue weighted by molar-refractivity contribution is 7.21. The van der Waals surface area contributed by atoms with Crippen molar-refractivity contribution < 1.29 is 14.3 Å². The number of fused-ring (bicyclic) bond motifs is 3. The molecule has 0 fully saturated rings. The Morgan fingerprint density at radius 3 is 3.11 bits per heavy atom. The molecule has 0 spiro atoms. The topological polar surface area (TPSA) is 67.4 Å². The van der Waals surface area contributed by atoms with Crippen LogP contribution in [0.25, 0.3) is 10.1 Å². The molecule has 19 heavy (non-hydrogen) atoms. The maximum Gasteiger partial charge on any atom is 0.298 e. The van der Waals surface area contributed by atoms with Gasteiger partial charge in [0.2, 0.25) is 0 Å². The van der Waals surface area contributed by atoms with Crippen LogP contribution in [0.1, 0.15) is 16.6 Å². The molecular weight excluding hydrogens is 264 g/mol. The fourth-order valence-corrected chi connectivity index (χ4v) is 3.20. The van der Waals surface area contributed by atoms with Crippen LogP contribution < -0.4 is 15.4 Å². The molecule has 6 heteroatoms. The van der Waals surface area contributed by atoms with Gasteiger partial charge in [-0.05, 0) is 25.1 Å². The minimum atomic E-state index is -0.0634. The fraction of sp³-hybridized carbons (Fsp3) is 0.231. The lowest BCUT2D eigenvalue weighted by molar-refractivity contribution is -0.120. The summed E-state index contributed by atoms with van der Waals surface area (Å²) in [6.07, 6.45) is 0. The minimum absolute atomic E-state index is 0.0634. The highest BCUT2D eigenvalue weighted by atomic mass is 32.1. The van der Waals surface area contributed by atoms with Crippen LogP contribution in [0.4, 0.5) is 5.69 Å². The maximum absolute atomic E-state index is 12.1. The lowest BCUT2D eigenvalue weighted by atomic mass is 10.2. The molecule has 1 atom stereocenters. The van der Waals surface area contributed by atoms with Crippen LogP contribution >= 0.6 is 11.3 Å². The van der Waals surface area contributed by atoms with Gasteiger partial charge in [-0.1, -0.05) is 0 Å². The quantitative estimate of drug-likeness (QED) is 0.823. The summed E-state index contributed by atoms with van der Waals surface area (Å²) in [7, 11) is 0. The zero-order valence-corrected chi connectivity index (χ0v) is 11.0. The van der Waals surface area contributed by atoms with Gasteiger partial charge in [0.1, 0.15) is 10.6 Å². The standard InChI is InChI=1S/C13H12N2O3S/c1-7-5-14-11-9-4-8(18-6-16)2-3-10(9)19-12(11)13(17)15-7/h2-4,6-7,14H,5H2,1H3,(H,15,17)/t7-/m1/s1. The van der Waals surface area contributed by atoms with Crippen molar-refractivity contribution in [3.63, 3.8) is 0 Å². The number of anilines is 1. The molecule has 2 N–H and O–H groups in total. The Kier molecular flexibility index (Phi) is 2.87. The van der Waals surface area contributed by atoms with E-state index in [1.807, 2.05) is 13.0 Å². The first-order valence-electron chi connectivity index (χ1n) is 5.90. The predicted molar refractivity (Wildman–Crippen MR) is 73.9 cm³/mol. The number of nitrogens with one attached hydrogen (secondary N) is 2. The molecule has 0 saturated heterocycles. The molecule has 0 radical (unpaired) electrons. The third-order valence-corrected chi connectivity index (χ3v) is 4.18. The van der Waals surface area contributed by atoms with E-state index in [-0.39, 0.29) is 11.9 Å². The second-order valence-electron chi connectivity index (χ2n) is 4.43. The van der Waals surface area contributed by atoms with Crippen LogP contribution in [-0.4, -0.2) is 25.0 Å². The van der Waals surface area contributed by atoms with Crippen molar-refractivity contribution in [2.24, 2.45) is 0 Å². The Balaban J connectivity index is 2.15. The van der Waals surface area contributed by atoms with Crippen molar-refractivity contribution in [2.75, 3.05) is 11.9 Å². The molecule has 2 aromatic rings. The normalized spacial score (nSPS) is 18.2. The molecule has 1 aromatic heterocycles. The van der Waals surface area contributed by atoms with Crippen molar-refractivity contribution in [3.05, 3.63) is 23.1 Å². The van der Waals surface area contributed by atoms with E-state index < -0.39 is 0 Å². The van der Waals surface area contributed by atoms with E-state index >= 15 is 0 Å². The average Bonchev–Trinajstić information content (AvgIpc) is 2.68. The Hall–Kier alpha value is -2.08. The third-order valence-electron chi connectivity index (χ3n) is 3.01. The van der Waals surface area contributed by atoms with Crippen LogP contribution in [0.5, 0.6) is 5.75 Å². The first-order chi connectivity index (χ1) is 9.19. The summed E-state index contributed by atoms with van der Waals surface area (Å²) in [4.78, 5) is 23.1. The largest absolute Gasteiger partial charge is 0.429 e. The van der Waals surface area contributed by atoms with E-state index in [1.54, 1.807) is 12.1 Å². The second-order valence-corrected chi connectivity index (χ2v) is 5.49. The Morgan fingerprint density at radius 2 is 2.32 bits per heavy atom. The van der Waals surface area contributed by atoms with E-state index in [2.05, 4.69) is 10.6 Å². The monoisotopic (exact) mass is 276 g/mol. The van der Waals surface area contributed by atoms with E-state index in [4.69, 9.17) is 4.74 Å². The van der Waals surface area contributed by atoms with E-state index in [9.17, 15) is 9.59 Å². The SMILES string of the molecule is C[C@@H]1CNc2c(sc3ccc(OC=O)cc23)C(=O)N1. The highest BCUT2D eigenvalue weighted by Crippen LogP contribution is 2.38. The van der Waals surface area contributed by atoms with Gasteiger partial charge < -0.3 is 15.4 Å². The van der Waals surface area contributed by atoms with Crippen LogP contribution in [0, 0.1) is 0 Å². The lowest BCUT2D eigenvalue weighted by Gasteiger charge is -2.09. The van der Waals surface area contributed by atoms with Gasteiger partial charge in [-0.3, -0.25) is 9.59 Å². The third kappa shape index (κ3) is 2.04. The number of carbonyl (C=O) groups excluding carboxylic acids is 2. The number of hydrogen-bond acceptors (Lipinski definition) is 5. The lowest BCUT2D eigenvalue weighted by Crippen LogP contribution is -2.34. The van der Waals surface area contributed by atoms with Gasteiger partial charge >= 0.3 is 0 Å². The van der Waals surface area contributed by atoms with Crippen LogP contribution in [0.2, 0.25) is 0 Å². The van der Waals surface area contributed by atoms with Crippen molar-refractivity contribution in [1.29, 1.82) is 0 Å². The number of thiophene rings is 1. The van der Waals surface area contributed by atoms with Gasteiger partial charge in [0.05, 0.1) is 5.69 Å². The maximum atomic E-state index is 12.1. The molecule has 0 unspecified atom stereocenters. The van der Waals surface area contributed by atoms with Gasteiger partial charge in [-0.2, -0.15) is 0 Å². The molecule has 1 aromatic carbocycles. The average molecular weight is 276 g/mol. The fourth-order valence-electron chi connectivity index (χ4n) is 2.14. The van der Waals surface area contributed by atoms with E-state index in [1.165, 1.54) is 11.3 Å². The number of hydrogen-bond donors (Lipinski definition) is 2. The van der Waals surface area contributed by atoms with Gasteiger partial charge in [0.15, 0.2) is 0 Å². The molecule has 1 amide bonds. The summed E-state index contributed by atoms with van der Waals surface area (Å²) in [5.74, 6) is 0.411. The molecule has 1 aliphatic rings.